The minimum absolute atomic E-state index is 0.0951. The molecule has 0 aliphatic rings. The van der Waals surface area contributed by atoms with Crippen molar-refractivity contribution in [2.75, 3.05) is 7.11 Å². The van der Waals surface area contributed by atoms with E-state index < -0.39 is 6.43 Å². The predicted octanol–water partition coefficient (Wildman–Crippen LogP) is 1.55. The maximum atomic E-state index is 12.9. The summed E-state index contributed by atoms with van der Waals surface area (Å²) in [5.41, 5.74) is 5.30. The molecule has 1 aromatic heterocycles. The van der Waals surface area contributed by atoms with Crippen LogP contribution < -0.4 is 10.5 Å². The highest BCUT2D eigenvalue weighted by Crippen LogP contribution is 2.31. The van der Waals surface area contributed by atoms with Crippen molar-refractivity contribution in [3.8, 4) is 11.8 Å². The van der Waals surface area contributed by atoms with Gasteiger partial charge in [0.2, 0.25) is 0 Å². The molecule has 1 aromatic rings. The molecule has 1 rings (SSSR count). The fourth-order valence-corrected chi connectivity index (χ4v) is 1.45. The first-order chi connectivity index (χ1) is 7.65. The van der Waals surface area contributed by atoms with Crippen molar-refractivity contribution in [2.45, 2.75) is 19.4 Å². The van der Waals surface area contributed by atoms with E-state index in [1.165, 1.54) is 13.3 Å². The van der Waals surface area contributed by atoms with Gasteiger partial charge in [-0.05, 0) is 0 Å². The summed E-state index contributed by atoms with van der Waals surface area (Å²) in [6, 6.07) is 1.82. The Bertz CT molecular complexity index is 415. The van der Waals surface area contributed by atoms with Crippen molar-refractivity contribution in [3.05, 3.63) is 23.0 Å². The number of hydrogen-bond donors (Lipinski definition) is 1. The normalized spacial score (nSPS) is 10.2. The monoisotopic (exact) mass is 227 g/mol. The van der Waals surface area contributed by atoms with Gasteiger partial charge in [-0.25, -0.2) is 8.78 Å². The van der Waals surface area contributed by atoms with Gasteiger partial charge in [0, 0.05) is 17.7 Å². The van der Waals surface area contributed by atoms with Crippen LogP contribution in [0.25, 0.3) is 0 Å². The van der Waals surface area contributed by atoms with Crippen LogP contribution in [0.4, 0.5) is 8.78 Å². The lowest BCUT2D eigenvalue weighted by Gasteiger charge is -2.13. The summed E-state index contributed by atoms with van der Waals surface area (Å²) in [6.07, 6.45) is -1.57. The quantitative estimate of drug-likeness (QED) is 0.847. The van der Waals surface area contributed by atoms with E-state index in [4.69, 9.17) is 15.7 Å². The SMILES string of the molecule is COc1cnc(CN)c(C(F)F)c1CC#N. The molecule has 86 valence electrons. The number of ether oxygens (including phenoxy) is 1. The second kappa shape index (κ2) is 5.37. The number of hydrogen-bond acceptors (Lipinski definition) is 4. The molecule has 0 unspecified atom stereocenters. The van der Waals surface area contributed by atoms with E-state index in [2.05, 4.69) is 4.98 Å². The number of alkyl halides is 2. The first-order valence-corrected chi connectivity index (χ1v) is 4.55. The van der Waals surface area contributed by atoms with Crippen LogP contribution in [-0.2, 0) is 13.0 Å². The Labute approximate surface area is 91.7 Å². The zero-order chi connectivity index (χ0) is 12.1. The summed E-state index contributed by atoms with van der Waals surface area (Å²) in [6.45, 7) is -0.0951. The van der Waals surface area contributed by atoms with E-state index >= 15 is 0 Å². The zero-order valence-corrected chi connectivity index (χ0v) is 8.70. The number of nitriles is 1. The van der Waals surface area contributed by atoms with Gasteiger partial charge in [-0.2, -0.15) is 5.26 Å². The van der Waals surface area contributed by atoms with Crippen LogP contribution in [-0.4, -0.2) is 12.1 Å². The van der Waals surface area contributed by atoms with Gasteiger partial charge in [0.15, 0.2) is 0 Å². The van der Waals surface area contributed by atoms with Gasteiger partial charge in [0.05, 0.1) is 31.5 Å². The van der Waals surface area contributed by atoms with E-state index in [-0.39, 0.29) is 35.5 Å². The number of aromatic nitrogens is 1. The minimum atomic E-state index is -2.72. The summed E-state index contributed by atoms with van der Waals surface area (Å²) in [5.74, 6) is 0.189. The first-order valence-electron chi connectivity index (χ1n) is 4.55. The maximum Gasteiger partial charge on any atom is 0.266 e. The zero-order valence-electron chi connectivity index (χ0n) is 8.70. The molecule has 0 atom stereocenters. The second-order valence-electron chi connectivity index (χ2n) is 3.01. The molecule has 0 radical (unpaired) electrons. The highest BCUT2D eigenvalue weighted by molar-refractivity contribution is 5.43. The average Bonchev–Trinajstić information content (AvgIpc) is 2.28. The predicted molar refractivity (Wildman–Crippen MR) is 53.0 cm³/mol. The molecular weight excluding hydrogens is 216 g/mol. The van der Waals surface area contributed by atoms with Gasteiger partial charge in [0.1, 0.15) is 5.75 Å². The van der Waals surface area contributed by atoms with Gasteiger partial charge in [-0.3, -0.25) is 4.98 Å². The first kappa shape index (κ1) is 12.3. The number of pyridine rings is 1. The average molecular weight is 227 g/mol. The van der Waals surface area contributed by atoms with Crippen LogP contribution in [0.2, 0.25) is 0 Å². The standard InChI is InChI=1S/C10H11F2N3O/c1-16-8-5-15-7(4-14)9(10(11)12)6(8)2-3-13/h5,10H,2,4,14H2,1H3. The Hall–Kier alpha value is -1.74. The minimum Gasteiger partial charge on any atom is -0.495 e. The Morgan fingerprint density at radius 2 is 2.31 bits per heavy atom. The molecule has 2 N–H and O–H groups in total. The smallest absolute Gasteiger partial charge is 0.266 e. The van der Waals surface area contributed by atoms with Crippen LogP contribution in [0.15, 0.2) is 6.20 Å². The van der Waals surface area contributed by atoms with E-state index in [0.717, 1.165) is 0 Å². The molecule has 0 aromatic carbocycles. The summed E-state index contributed by atoms with van der Waals surface area (Å²) < 4.78 is 30.6. The van der Waals surface area contributed by atoms with Crippen LogP contribution >= 0.6 is 0 Å². The fourth-order valence-electron chi connectivity index (χ4n) is 1.45. The van der Waals surface area contributed by atoms with Crippen LogP contribution in [0.3, 0.4) is 0 Å². The Balaban J connectivity index is 3.41. The van der Waals surface area contributed by atoms with Gasteiger partial charge in [-0.15, -0.1) is 0 Å². The van der Waals surface area contributed by atoms with Crippen molar-refractivity contribution in [3.63, 3.8) is 0 Å². The van der Waals surface area contributed by atoms with Gasteiger partial charge in [-0.1, -0.05) is 0 Å². The molecule has 16 heavy (non-hydrogen) atoms. The molecule has 6 heteroatoms. The van der Waals surface area contributed by atoms with Crippen molar-refractivity contribution in [2.24, 2.45) is 5.73 Å². The lowest BCUT2D eigenvalue weighted by molar-refractivity contribution is 0.148. The molecule has 0 saturated carbocycles. The highest BCUT2D eigenvalue weighted by Gasteiger charge is 2.21. The topological polar surface area (TPSA) is 71.9 Å². The van der Waals surface area contributed by atoms with Gasteiger partial charge in [0.25, 0.3) is 6.43 Å². The molecule has 0 amide bonds. The molecule has 0 bridgehead atoms. The van der Waals surface area contributed by atoms with Gasteiger partial charge >= 0.3 is 0 Å². The summed E-state index contributed by atoms with van der Waals surface area (Å²) in [5, 5.41) is 8.61. The maximum absolute atomic E-state index is 12.9. The Morgan fingerprint density at radius 3 is 2.75 bits per heavy atom. The molecule has 0 saturated heterocycles. The van der Waals surface area contributed by atoms with Crippen LogP contribution in [0.1, 0.15) is 23.2 Å². The summed E-state index contributed by atoms with van der Waals surface area (Å²) in [7, 11) is 1.34. The lowest BCUT2D eigenvalue weighted by Crippen LogP contribution is -2.09. The number of nitrogens with two attached hydrogens (primary N) is 1. The third-order valence-electron chi connectivity index (χ3n) is 2.16. The molecule has 4 nitrogen and oxygen atoms in total. The third kappa shape index (κ3) is 2.25. The van der Waals surface area contributed by atoms with Gasteiger partial charge < -0.3 is 10.5 Å². The van der Waals surface area contributed by atoms with Crippen LogP contribution in [0, 0.1) is 11.3 Å². The summed E-state index contributed by atoms with van der Waals surface area (Å²) >= 11 is 0. The largest absolute Gasteiger partial charge is 0.495 e. The molecule has 0 spiro atoms. The molecule has 0 aliphatic heterocycles. The van der Waals surface area contributed by atoms with Crippen molar-refractivity contribution in [1.29, 1.82) is 5.26 Å². The molecular formula is C10H11F2N3O. The number of rotatable bonds is 4. The number of nitrogens with zero attached hydrogens (tertiary/aromatic N) is 2. The Kier molecular flexibility index (Phi) is 4.14. The highest BCUT2D eigenvalue weighted by atomic mass is 19.3. The van der Waals surface area contributed by atoms with Crippen molar-refractivity contribution in [1.82, 2.24) is 4.98 Å². The second-order valence-corrected chi connectivity index (χ2v) is 3.01. The van der Waals surface area contributed by atoms with E-state index in [0.29, 0.717) is 0 Å². The molecule has 0 fully saturated rings. The summed E-state index contributed by atoms with van der Waals surface area (Å²) in [4.78, 5) is 3.79. The van der Waals surface area contributed by atoms with Crippen LogP contribution in [0.5, 0.6) is 5.75 Å². The van der Waals surface area contributed by atoms with Crippen molar-refractivity contribution >= 4 is 0 Å². The molecule has 0 aliphatic carbocycles. The lowest BCUT2D eigenvalue weighted by atomic mass is 10.0. The molecule has 1 heterocycles. The van der Waals surface area contributed by atoms with E-state index in [1.807, 2.05) is 6.07 Å². The van der Waals surface area contributed by atoms with E-state index in [9.17, 15) is 8.78 Å². The fraction of sp³-hybridized carbons (Fsp3) is 0.400. The van der Waals surface area contributed by atoms with E-state index in [1.54, 1.807) is 0 Å². The van der Waals surface area contributed by atoms with Crippen molar-refractivity contribution < 1.29 is 13.5 Å². The third-order valence-corrected chi connectivity index (χ3v) is 2.16. The Morgan fingerprint density at radius 1 is 1.62 bits per heavy atom. The number of halogens is 2. The number of methoxy groups -OCH3 is 1.